The number of carbonyl (C=O) groups excluding carboxylic acids is 1. The molecule has 1 N–H and O–H groups in total. The molecule has 0 rings (SSSR count). The van der Waals surface area contributed by atoms with Crippen molar-refractivity contribution in [2.45, 2.75) is 0 Å². The molecule has 0 saturated heterocycles. The van der Waals surface area contributed by atoms with E-state index in [-0.39, 0.29) is 6.41 Å². The Labute approximate surface area is 40.4 Å². The van der Waals surface area contributed by atoms with Gasteiger partial charge in [0.25, 0.3) is 0 Å². The van der Waals surface area contributed by atoms with E-state index < -0.39 is 13.7 Å². The fourth-order valence-corrected chi connectivity index (χ4v) is 0.0333. The number of hydrogen-bond acceptors (Lipinski definition) is 2. The summed E-state index contributed by atoms with van der Waals surface area (Å²) in [7, 11) is 0. The summed E-state index contributed by atoms with van der Waals surface area (Å²) in [4.78, 5) is 10.1. The predicted molar refractivity (Wildman–Crippen MR) is 20.9 cm³/mol. The Morgan fingerprint density at radius 1 is 2.33 bits per heavy atom. The van der Waals surface area contributed by atoms with Crippen molar-refractivity contribution in [1.29, 1.82) is 0 Å². The zero-order valence-electron chi connectivity index (χ0n) is 6.09. The van der Waals surface area contributed by atoms with Crippen molar-refractivity contribution in [3.63, 3.8) is 0 Å². The van der Waals surface area contributed by atoms with Crippen LogP contribution in [0.3, 0.4) is 0 Å². The number of carbonyl (C=O) groups is 1. The molecule has 3 nitrogen and oxygen atoms in total. The number of rotatable bonds is 2. The van der Waals surface area contributed by atoms with Gasteiger partial charge in [0.15, 0.2) is 0 Å². The van der Waals surface area contributed by atoms with Gasteiger partial charge in [0.2, 0.25) is 6.41 Å². The molecule has 6 heavy (non-hydrogen) atoms. The van der Waals surface area contributed by atoms with Crippen LogP contribution >= 0.6 is 0 Å². The first-order valence-electron chi connectivity index (χ1n) is 2.85. The van der Waals surface area contributed by atoms with Gasteiger partial charge >= 0.3 is 0 Å². The van der Waals surface area contributed by atoms with Gasteiger partial charge < -0.3 is 10.0 Å². The maximum Gasteiger partial charge on any atom is 0.211 e. The normalized spacial score (nSPS) is 17.2. The van der Waals surface area contributed by atoms with Crippen molar-refractivity contribution in [1.82, 2.24) is 4.90 Å². The summed E-state index contributed by atoms with van der Waals surface area (Å²) >= 11 is 0. The highest BCUT2D eigenvalue weighted by atomic mass is 16.3. The predicted octanol–water partition coefficient (Wildman–Crippen LogP) is -0.976. The molecule has 0 aliphatic heterocycles. The molecule has 0 aliphatic rings. The Hall–Kier alpha value is -0.570. The van der Waals surface area contributed by atoms with Crippen molar-refractivity contribution >= 4 is 6.41 Å². The van der Waals surface area contributed by atoms with Crippen LogP contribution in [-0.4, -0.2) is 30.1 Å². The molecule has 36 valence electrons. The zero-order valence-corrected chi connectivity index (χ0v) is 3.09. The molecule has 3 heteroatoms. The third-order valence-corrected chi connectivity index (χ3v) is 0.280. The largest absolute Gasteiger partial charge is 0.376 e. The lowest BCUT2D eigenvalue weighted by atomic mass is 10.9. The first-order chi connectivity index (χ1) is 4.02. The van der Waals surface area contributed by atoms with E-state index in [9.17, 15) is 4.79 Å². The van der Waals surface area contributed by atoms with Crippen molar-refractivity contribution in [3.8, 4) is 0 Å². The molecule has 0 atom stereocenters. The fraction of sp³-hybridized carbons (Fsp3) is 0.667. The molecule has 0 radical (unpaired) electrons. The minimum absolute atomic E-state index is 0.0764. The first-order valence-corrected chi connectivity index (χ1v) is 1.35. The molecule has 0 aliphatic carbocycles. The SMILES string of the molecule is [2H]C([2H])([2H])N(C=O)CO. The van der Waals surface area contributed by atoms with E-state index in [2.05, 4.69) is 0 Å². The van der Waals surface area contributed by atoms with Gasteiger partial charge in [-0.1, -0.05) is 0 Å². The Balaban J connectivity index is 3.94. The Bertz CT molecular complexity index is 102. The monoisotopic (exact) mass is 92.1 g/mol. The highest BCUT2D eigenvalue weighted by Crippen LogP contribution is 1.62. The molecule has 1 amide bonds. The second kappa shape index (κ2) is 2.66. The summed E-state index contributed by atoms with van der Waals surface area (Å²) in [6.07, 6.45) is 0.0764. The van der Waals surface area contributed by atoms with Crippen LogP contribution < -0.4 is 0 Å². The van der Waals surface area contributed by atoms with E-state index in [0.29, 0.717) is 4.90 Å². The molecule has 0 spiro atoms. The van der Waals surface area contributed by atoms with Crippen LogP contribution in [0.2, 0.25) is 0 Å². The second-order valence-corrected chi connectivity index (χ2v) is 0.717. The molecule has 0 saturated carbocycles. The molecule has 0 unspecified atom stereocenters. The van der Waals surface area contributed by atoms with Crippen LogP contribution in [0.25, 0.3) is 0 Å². The number of hydrogen-bond donors (Lipinski definition) is 1. The molecule has 0 heterocycles. The average molecular weight is 92.1 g/mol. The Kier molecular flexibility index (Phi) is 0.854. The summed E-state index contributed by atoms with van der Waals surface area (Å²) in [6.45, 7) is -3.30. The zero-order chi connectivity index (χ0) is 7.49. The van der Waals surface area contributed by atoms with Crippen LogP contribution in [-0.2, 0) is 4.79 Å². The minimum Gasteiger partial charge on any atom is -0.376 e. The molecule has 0 aromatic carbocycles. The van der Waals surface area contributed by atoms with Crippen LogP contribution in [0.1, 0.15) is 4.11 Å². The van der Waals surface area contributed by atoms with E-state index in [1.54, 1.807) is 0 Å². The van der Waals surface area contributed by atoms with Crippen molar-refractivity contribution in [2.75, 3.05) is 13.7 Å². The van der Waals surface area contributed by atoms with Crippen LogP contribution in [0.15, 0.2) is 0 Å². The third-order valence-electron chi connectivity index (χ3n) is 0.280. The van der Waals surface area contributed by atoms with E-state index in [1.165, 1.54) is 0 Å². The summed E-state index contributed by atoms with van der Waals surface area (Å²) in [6, 6.07) is 0. The van der Waals surface area contributed by atoms with E-state index in [1.807, 2.05) is 0 Å². The molecular weight excluding hydrogens is 82.0 g/mol. The van der Waals surface area contributed by atoms with Gasteiger partial charge in [0, 0.05) is 11.1 Å². The van der Waals surface area contributed by atoms with Crippen molar-refractivity contribution in [3.05, 3.63) is 0 Å². The standard InChI is InChI=1S/C3H7NO2/c1-4(2-5)3-6/h2,6H,3H2,1H3/i1D3. The molecule has 0 aromatic heterocycles. The highest BCUT2D eigenvalue weighted by Gasteiger charge is 1.80. The average Bonchev–Trinajstić information content (AvgIpc) is 1.65. The van der Waals surface area contributed by atoms with E-state index in [0.717, 1.165) is 0 Å². The van der Waals surface area contributed by atoms with Gasteiger partial charge in [0.05, 0.1) is 0 Å². The van der Waals surface area contributed by atoms with Crippen LogP contribution in [0.5, 0.6) is 0 Å². The minimum atomic E-state index is -2.52. The summed E-state index contributed by atoms with van der Waals surface area (Å²) in [5, 5.41) is 8.20. The van der Waals surface area contributed by atoms with Crippen molar-refractivity contribution in [2.24, 2.45) is 0 Å². The van der Waals surface area contributed by atoms with Crippen molar-refractivity contribution < 1.29 is 14.0 Å². The quantitative estimate of drug-likeness (QED) is 0.351. The maximum atomic E-state index is 9.79. The van der Waals surface area contributed by atoms with Gasteiger partial charge in [-0.25, -0.2) is 0 Å². The van der Waals surface area contributed by atoms with Gasteiger partial charge in [-0.2, -0.15) is 0 Å². The Morgan fingerprint density at radius 3 is 3.00 bits per heavy atom. The summed E-state index contributed by atoms with van der Waals surface area (Å²) in [5.74, 6) is 0. The number of amides is 1. The smallest absolute Gasteiger partial charge is 0.211 e. The topological polar surface area (TPSA) is 40.5 Å². The van der Waals surface area contributed by atoms with Crippen LogP contribution in [0, 0.1) is 0 Å². The number of aliphatic hydroxyl groups excluding tert-OH is 1. The fourth-order valence-electron chi connectivity index (χ4n) is 0.0333. The first kappa shape index (κ1) is 1.93. The lowest BCUT2D eigenvalue weighted by Gasteiger charge is -2.00. The van der Waals surface area contributed by atoms with Gasteiger partial charge in [-0.05, 0) is 0 Å². The molecular formula is C3H7NO2. The third kappa shape index (κ3) is 1.72. The molecule has 0 bridgehead atoms. The van der Waals surface area contributed by atoms with Crippen LogP contribution in [0.4, 0.5) is 0 Å². The Morgan fingerprint density at radius 2 is 3.00 bits per heavy atom. The summed E-state index contributed by atoms with van der Waals surface area (Å²) < 4.78 is 19.7. The van der Waals surface area contributed by atoms with E-state index >= 15 is 0 Å². The van der Waals surface area contributed by atoms with E-state index in [4.69, 9.17) is 9.22 Å². The molecule has 0 aromatic rings. The number of nitrogens with zero attached hydrogens (tertiary/aromatic N) is 1. The lowest BCUT2D eigenvalue weighted by molar-refractivity contribution is -0.119. The molecule has 0 fully saturated rings. The summed E-state index contributed by atoms with van der Waals surface area (Å²) in [5.41, 5.74) is 0. The second-order valence-electron chi connectivity index (χ2n) is 0.717. The van der Waals surface area contributed by atoms with Gasteiger partial charge in [0.1, 0.15) is 6.73 Å². The number of aliphatic hydroxyl groups is 1. The maximum absolute atomic E-state index is 9.79. The lowest BCUT2D eigenvalue weighted by Crippen LogP contribution is -2.15. The van der Waals surface area contributed by atoms with Gasteiger partial charge in [-0.3, -0.25) is 4.79 Å². The highest BCUT2D eigenvalue weighted by molar-refractivity contribution is 5.45. The van der Waals surface area contributed by atoms with Gasteiger partial charge in [-0.15, -0.1) is 0 Å².